The number of thiazole rings is 1. The first-order valence-corrected chi connectivity index (χ1v) is 12.8. The molecule has 8 nitrogen and oxygen atoms in total. The van der Waals surface area contributed by atoms with Gasteiger partial charge in [0.15, 0.2) is 9.50 Å². The molecule has 1 atom stereocenters. The smallest absolute Gasteiger partial charge is 0.321 e. The average molecular weight is 499 g/mol. The average Bonchev–Trinajstić information content (AvgIpc) is 3.41. The van der Waals surface area contributed by atoms with Gasteiger partial charge in [0.2, 0.25) is 5.91 Å². The number of thioether (sulfide) groups is 2. The predicted molar refractivity (Wildman–Crippen MR) is 133 cm³/mol. The molecule has 4 rings (SSSR count). The van der Waals surface area contributed by atoms with Gasteiger partial charge in [-0.05, 0) is 24.6 Å². The van der Waals surface area contributed by atoms with E-state index in [1.807, 2.05) is 53.1 Å². The molecule has 0 radical (unpaired) electrons. The summed E-state index contributed by atoms with van der Waals surface area (Å²) in [6.45, 7) is 2.32. The lowest BCUT2D eigenvalue weighted by atomic mass is 10.2. The molecule has 0 spiro atoms. The SMILES string of the molecule is CNC(=O)NC(=O)C(C)Sc1nnc(CSc2nc3ccccc3s2)n1Cc1ccccc1. The molecule has 1 unspecified atom stereocenters. The third kappa shape index (κ3) is 5.92. The van der Waals surface area contributed by atoms with Crippen molar-refractivity contribution in [3.63, 3.8) is 0 Å². The molecule has 2 heterocycles. The van der Waals surface area contributed by atoms with Crippen LogP contribution in [0.1, 0.15) is 18.3 Å². The number of nitrogens with zero attached hydrogens (tertiary/aromatic N) is 4. The van der Waals surface area contributed by atoms with E-state index >= 15 is 0 Å². The molecule has 2 aromatic heterocycles. The molecule has 0 aliphatic rings. The van der Waals surface area contributed by atoms with E-state index in [1.165, 1.54) is 18.8 Å². The number of carbonyl (C=O) groups excluding carboxylic acids is 2. The summed E-state index contributed by atoms with van der Waals surface area (Å²) >= 11 is 4.54. The summed E-state index contributed by atoms with van der Waals surface area (Å²) in [5.74, 6) is 1.00. The minimum atomic E-state index is -0.536. The molecular formula is C22H22N6O2S3. The van der Waals surface area contributed by atoms with Gasteiger partial charge >= 0.3 is 6.03 Å². The van der Waals surface area contributed by atoms with E-state index in [0.29, 0.717) is 17.5 Å². The zero-order valence-electron chi connectivity index (χ0n) is 18.0. The van der Waals surface area contributed by atoms with E-state index in [1.54, 1.807) is 30.0 Å². The Balaban J connectivity index is 1.53. The highest BCUT2D eigenvalue weighted by atomic mass is 32.2. The Morgan fingerprint density at radius 2 is 1.85 bits per heavy atom. The fourth-order valence-electron chi connectivity index (χ4n) is 2.96. The minimum Gasteiger partial charge on any atom is -0.341 e. The maximum atomic E-state index is 12.3. The van der Waals surface area contributed by atoms with Gasteiger partial charge in [0.1, 0.15) is 5.82 Å². The Hall–Kier alpha value is -2.89. The van der Waals surface area contributed by atoms with Gasteiger partial charge in [-0.25, -0.2) is 9.78 Å². The zero-order chi connectivity index (χ0) is 23.2. The Bertz CT molecular complexity index is 1220. The zero-order valence-corrected chi connectivity index (χ0v) is 20.5. The number of benzene rings is 2. The Morgan fingerprint density at radius 3 is 2.61 bits per heavy atom. The van der Waals surface area contributed by atoms with Crippen LogP contribution in [0.5, 0.6) is 0 Å². The second-order valence-electron chi connectivity index (χ2n) is 7.04. The molecule has 2 N–H and O–H groups in total. The van der Waals surface area contributed by atoms with E-state index < -0.39 is 11.3 Å². The van der Waals surface area contributed by atoms with Crippen LogP contribution >= 0.6 is 34.9 Å². The number of urea groups is 1. The van der Waals surface area contributed by atoms with Crippen molar-refractivity contribution in [2.45, 2.75) is 34.0 Å². The molecule has 2 aromatic carbocycles. The number of carbonyl (C=O) groups is 2. The fraction of sp³-hybridized carbons (Fsp3) is 0.227. The van der Waals surface area contributed by atoms with Gasteiger partial charge in [-0.15, -0.1) is 21.5 Å². The number of para-hydroxylation sites is 1. The third-order valence-corrected chi connectivity index (χ3v) is 7.95. The van der Waals surface area contributed by atoms with Crippen molar-refractivity contribution >= 4 is 57.0 Å². The second kappa shape index (κ2) is 10.8. The number of imide groups is 1. The molecule has 0 saturated carbocycles. The van der Waals surface area contributed by atoms with Gasteiger partial charge in [0, 0.05) is 7.05 Å². The largest absolute Gasteiger partial charge is 0.341 e. The molecule has 4 aromatic rings. The van der Waals surface area contributed by atoms with Crippen molar-refractivity contribution in [1.82, 2.24) is 30.4 Å². The van der Waals surface area contributed by atoms with Crippen LogP contribution in [-0.2, 0) is 17.1 Å². The van der Waals surface area contributed by atoms with Gasteiger partial charge in [-0.3, -0.25) is 10.1 Å². The highest BCUT2D eigenvalue weighted by molar-refractivity contribution is 8.00. The van der Waals surface area contributed by atoms with E-state index in [9.17, 15) is 9.59 Å². The van der Waals surface area contributed by atoms with E-state index in [4.69, 9.17) is 0 Å². The summed E-state index contributed by atoms with van der Waals surface area (Å²) < 4.78 is 4.14. The predicted octanol–water partition coefficient (Wildman–Crippen LogP) is 4.16. The first-order chi connectivity index (χ1) is 16.0. The van der Waals surface area contributed by atoms with Crippen LogP contribution in [-0.4, -0.2) is 44.0 Å². The Morgan fingerprint density at radius 1 is 1.09 bits per heavy atom. The molecule has 0 aliphatic heterocycles. The molecule has 0 aliphatic carbocycles. The van der Waals surface area contributed by atoms with Crippen LogP contribution in [0.2, 0.25) is 0 Å². The van der Waals surface area contributed by atoms with Gasteiger partial charge < -0.3 is 9.88 Å². The summed E-state index contributed by atoms with van der Waals surface area (Å²) in [6, 6.07) is 17.6. The molecule has 3 amide bonds. The molecule has 0 fully saturated rings. The van der Waals surface area contributed by atoms with Gasteiger partial charge in [-0.2, -0.15) is 0 Å². The van der Waals surface area contributed by atoms with E-state index in [2.05, 4.69) is 31.9 Å². The quantitative estimate of drug-likeness (QED) is 0.352. The summed E-state index contributed by atoms with van der Waals surface area (Å²) in [5.41, 5.74) is 2.09. The van der Waals surface area contributed by atoms with Crippen molar-refractivity contribution < 1.29 is 9.59 Å². The van der Waals surface area contributed by atoms with Crippen molar-refractivity contribution in [2.75, 3.05) is 7.05 Å². The third-order valence-electron chi connectivity index (χ3n) is 4.69. The van der Waals surface area contributed by atoms with Crippen LogP contribution < -0.4 is 10.6 Å². The van der Waals surface area contributed by atoms with Gasteiger partial charge in [0.05, 0.1) is 27.8 Å². The highest BCUT2D eigenvalue weighted by Crippen LogP contribution is 2.32. The lowest BCUT2D eigenvalue weighted by molar-refractivity contribution is -0.119. The topological polar surface area (TPSA) is 102 Å². The summed E-state index contributed by atoms with van der Waals surface area (Å²) in [4.78, 5) is 28.5. The van der Waals surface area contributed by atoms with E-state index in [0.717, 1.165) is 25.9 Å². The van der Waals surface area contributed by atoms with Crippen LogP contribution in [0.3, 0.4) is 0 Å². The molecule has 170 valence electrons. The first-order valence-electron chi connectivity index (χ1n) is 10.2. The van der Waals surface area contributed by atoms with Crippen molar-refractivity contribution in [3.8, 4) is 0 Å². The van der Waals surface area contributed by atoms with Gasteiger partial charge in [0.25, 0.3) is 0 Å². The van der Waals surface area contributed by atoms with Crippen molar-refractivity contribution in [2.24, 2.45) is 0 Å². The molecule has 11 heteroatoms. The number of nitrogens with one attached hydrogen (secondary N) is 2. The maximum Gasteiger partial charge on any atom is 0.321 e. The second-order valence-corrected chi connectivity index (χ2v) is 10.6. The van der Waals surface area contributed by atoms with Crippen LogP contribution in [0.25, 0.3) is 10.2 Å². The molecular weight excluding hydrogens is 476 g/mol. The fourth-order valence-corrected chi connectivity index (χ4v) is 5.84. The summed E-state index contributed by atoms with van der Waals surface area (Å²) in [5, 5.41) is 13.6. The molecule has 0 bridgehead atoms. The van der Waals surface area contributed by atoms with E-state index in [-0.39, 0.29) is 5.91 Å². The number of hydrogen-bond acceptors (Lipinski definition) is 8. The summed E-state index contributed by atoms with van der Waals surface area (Å²) in [6.07, 6.45) is 0. The first kappa shape index (κ1) is 23.3. The number of hydrogen-bond donors (Lipinski definition) is 2. The number of rotatable bonds is 8. The number of fused-ring (bicyclic) bond motifs is 1. The normalized spacial score (nSPS) is 11.9. The lowest BCUT2D eigenvalue weighted by Gasteiger charge is -2.13. The Labute approximate surface area is 203 Å². The monoisotopic (exact) mass is 498 g/mol. The van der Waals surface area contributed by atoms with Crippen LogP contribution in [0.15, 0.2) is 64.1 Å². The molecule has 0 saturated heterocycles. The van der Waals surface area contributed by atoms with Crippen LogP contribution in [0.4, 0.5) is 4.79 Å². The highest BCUT2D eigenvalue weighted by Gasteiger charge is 2.22. The summed E-state index contributed by atoms with van der Waals surface area (Å²) in [7, 11) is 1.46. The molecule has 33 heavy (non-hydrogen) atoms. The van der Waals surface area contributed by atoms with Crippen LogP contribution in [0, 0.1) is 0 Å². The standard InChI is InChI=1S/C22H22N6O2S3/c1-14(19(29)25-20(30)23-2)32-21-27-26-18(28(21)12-15-8-4-3-5-9-15)13-31-22-24-16-10-6-7-11-17(16)33-22/h3-11,14H,12-13H2,1-2H3,(H2,23,25,29,30). The van der Waals surface area contributed by atoms with Crippen molar-refractivity contribution in [1.29, 1.82) is 0 Å². The lowest BCUT2D eigenvalue weighted by Crippen LogP contribution is -2.41. The number of aromatic nitrogens is 4. The Kier molecular flexibility index (Phi) is 7.63. The maximum absolute atomic E-state index is 12.3. The van der Waals surface area contributed by atoms with Crippen molar-refractivity contribution in [3.05, 3.63) is 66.0 Å². The van der Waals surface area contributed by atoms with Gasteiger partial charge in [-0.1, -0.05) is 66.0 Å². The number of amides is 3. The minimum absolute atomic E-state index is 0.390.